The largest absolute Gasteiger partial charge is 0.496 e. The highest BCUT2D eigenvalue weighted by molar-refractivity contribution is 6.31. The number of hydrogen-bond acceptors (Lipinski definition) is 4. The lowest BCUT2D eigenvalue weighted by Crippen LogP contribution is -2.48. The molecular formula is C21H24ClN3O3. The number of benzene rings is 2. The maximum Gasteiger partial charge on any atom is 0.269 e. The van der Waals surface area contributed by atoms with E-state index < -0.39 is 11.9 Å². The Balaban J connectivity index is 1.77. The Morgan fingerprint density at radius 3 is 2.46 bits per heavy atom. The molecule has 2 aromatic rings. The number of halogens is 1. The Morgan fingerprint density at radius 2 is 1.79 bits per heavy atom. The van der Waals surface area contributed by atoms with E-state index in [0.29, 0.717) is 16.3 Å². The Kier molecular flexibility index (Phi) is 6.90. The monoisotopic (exact) mass is 401 g/mol. The summed E-state index contributed by atoms with van der Waals surface area (Å²) in [5.41, 5.74) is 6.64. The summed E-state index contributed by atoms with van der Waals surface area (Å²) in [5.74, 6) is -0.0710. The van der Waals surface area contributed by atoms with Gasteiger partial charge in [-0.25, -0.2) is 5.43 Å². The first-order chi connectivity index (χ1) is 13.6. The number of nitrogens with zero attached hydrogens (tertiary/aromatic N) is 1. The maximum absolute atomic E-state index is 13.1. The topological polar surface area (TPSA) is 70.7 Å². The molecule has 0 unspecified atom stereocenters. The van der Waals surface area contributed by atoms with E-state index in [-0.39, 0.29) is 5.91 Å². The first kappa shape index (κ1) is 20.2. The molecule has 0 aliphatic carbocycles. The molecule has 0 bridgehead atoms. The fourth-order valence-electron chi connectivity index (χ4n) is 3.29. The first-order valence-electron chi connectivity index (χ1n) is 9.33. The summed E-state index contributed by atoms with van der Waals surface area (Å²) in [6, 6.07) is 13.5. The third kappa shape index (κ3) is 4.82. The van der Waals surface area contributed by atoms with Crippen LogP contribution in [-0.4, -0.2) is 36.9 Å². The molecule has 1 atom stereocenters. The fourth-order valence-corrected chi connectivity index (χ4v) is 3.46. The van der Waals surface area contributed by atoms with Crippen LogP contribution in [0.4, 0.5) is 0 Å². The van der Waals surface area contributed by atoms with Crippen LogP contribution in [0, 0.1) is 0 Å². The number of carbonyl (C=O) groups is 2. The van der Waals surface area contributed by atoms with Crippen LogP contribution in [0.2, 0.25) is 5.02 Å². The van der Waals surface area contributed by atoms with E-state index in [1.54, 1.807) is 12.1 Å². The molecule has 7 heteroatoms. The molecule has 6 nitrogen and oxygen atoms in total. The summed E-state index contributed by atoms with van der Waals surface area (Å²) in [5, 5.41) is 0.426. The Bertz CT molecular complexity index is 823. The van der Waals surface area contributed by atoms with Gasteiger partial charge >= 0.3 is 0 Å². The van der Waals surface area contributed by atoms with Gasteiger partial charge in [-0.2, -0.15) is 0 Å². The number of hydrogen-bond donors (Lipinski definition) is 2. The van der Waals surface area contributed by atoms with Crippen molar-refractivity contribution in [3.05, 3.63) is 64.7 Å². The molecule has 2 N–H and O–H groups in total. The molecule has 2 aromatic carbocycles. The summed E-state index contributed by atoms with van der Waals surface area (Å²) in [6.07, 6.45) is 3.14. The molecule has 0 radical (unpaired) electrons. The SMILES string of the molecule is COc1ccc(Cl)cc1C(=O)NN[C@H](C(=O)N1CCCCC1)c1ccccc1. The van der Waals surface area contributed by atoms with Crippen molar-refractivity contribution in [2.45, 2.75) is 25.3 Å². The molecular weight excluding hydrogens is 378 g/mol. The smallest absolute Gasteiger partial charge is 0.269 e. The summed E-state index contributed by atoms with van der Waals surface area (Å²) < 4.78 is 5.23. The minimum atomic E-state index is -0.673. The fraction of sp³-hybridized carbons (Fsp3) is 0.333. The van der Waals surface area contributed by atoms with E-state index in [9.17, 15) is 9.59 Å². The Labute approximate surface area is 169 Å². The Hall–Kier alpha value is -2.57. The predicted molar refractivity (Wildman–Crippen MR) is 108 cm³/mol. The molecule has 1 heterocycles. The highest BCUT2D eigenvalue weighted by Gasteiger charge is 2.27. The zero-order valence-corrected chi connectivity index (χ0v) is 16.5. The second kappa shape index (κ2) is 9.57. The van der Waals surface area contributed by atoms with Crippen molar-refractivity contribution in [3.8, 4) is 5.75 Å². The van der Waals surface area contributed by atoms with Crippen LogP contribution in [0.5, 0.6) is 5.75 Å². The number of likely N-dealkylation sites (tertiary alicyclic amines) is 1. The average molecular weight is 402 g/mol. The van der Waals surface area contributed by atoms with Crippen molar-refractivity contribution >= 4 is 23.4 Å². The zero-order chi connectivity index (χ0) is 19.9. The number of piperidine rings is 1. The van der Waals surface area contributed by atoms with Crippen molar-refractivity contribution < 1.29 is 14.3 Å². The summed E-state index contributed by atoms with van der Waals surface area (Å²) in [4.78, 5) is 27.6. The minimum absolute atomic E-state index is 0.0516. The molecule has 1 aliphatic rings. The quantitative estimate of drug-likeness (QED) is 0.728. The van der Waals surface area contributed by atoms with Gasteiger partial charge in [0.05, 0.1) is 12.7 Å². The van der Waals surface area contributed by atoms with Crippen LogP contribution in [0.15, 0.2) is 48.5 Å². The van der Waals surface area contributed by atoms with Crippen molar-refractivity contribution in [1.82, 2.24) is 15.8 Å². The van der Waals surface area contributed by atoms with Gasteiger partial charge in [0, 0.05) is 18.1 Å². The molecule has 0 saturated carbocycles. The van der Waals surface area contributed by atoms with Gasteiger partial charge in [0.1, 0.15) is 11.8 Å². The van der Waals surface area contributed by atoms with Crippen molar-refractivity contribution in [3.63, 3.8) is 0 Å². The maximum atomic E-state index is 13.1. The molecule has 3 rings (SSSR count). The van der Waals surface area contributed by atoms with Crippen LogP contribution in [0.25, 0.3) is 0 Å². The van der Waals surface area contributed by atoms with Crippen LogP contribution in [-0.2, 0) is 4.79 Å². The van der Waals surface area contributed by atoms with Gasteiger partial charge in [-0.1, -0.05) is 41.9 Å². The van der Waals surface area contributed by atoms with Crippen molar-refractivity contribution in [2.75, 3.05) is 20.2 Å². The number of methoxy groups -OCH3 is 1. The van der Waals surface area contributed by atoms with E-state index in [0.717, 1.165) is 37.9 Å². The number of nitrogens with one attached hydrogen (secondary N) is 2. The molecule has 148 valence electrons. The molecule has 2 amide bonds. The van der Waals surface area contributed by atoms with Gasteiger partial charge in [0.2, 0.25) is 5.91 Å². The van der Waals surface area contributed by atoms with E-state index in [2.05, 4.69) is 10.9 Å². The number of ether oxygens (including phenoxy) is 1. The molecule has 28 heavy (non-hydrogen) atoms. The highest BCUT2D eigenvalue weighted by atomic mass is 35.5. The van der Waals surface area contributed by atoms with Crippen molar-refractivity contribution in [2.24, 2.45) is 0 Å². The van der Waals surface area contributed by atoms with E-state index in [1.807, 2.05) is 35.2 Å². The van der Waals surface area contributed by atoms with Gasteiger partial charge in [-0.3, -0.25) is 15.0 Å². The van der Waals surface area contributed by atoms with Crippen LogP contribution < -0.4 is 15.6 Å². The summed E-state index contributed by atoms with van der Waals surface area (Å²) >= 11 is 6.01. The van der Waals surface area contributed by atoms with Gasteiger partial charge in [0.25, 0.3) is 5.91 Å². The number of amides is 2. The molecule has 1 aliphatic heterocycles. The molecule has 1 saturated heterocycles. The lowest BCUT2D eigenvalue weighted by Gasteiger charge is -2.31. The Morgan fingerprint density at radius 1 is 1.07 bits per heavy atom. The van der Waals surface area contributed by atoms with Crippen LogP contribution in [0.3, 0.4) is 0 Å². The standard InChI is InChI=1S/C21H24ClN3O3/c1-28-18-11-10-16(22)14-17(18)20(26)24-23-19(15-8-4-2-5-9-15)21(27)25-12-6-3-7-13-25/h2,4-5,8-11,14,19,23H,3,6-7,12-13H2,1H3,(H,24,26)/t19-/m0/s1. The normalized spacial score (nSPS) is 15.0. The lowest BCUT2D eigenvalue weighted by atomic mass is 10.0. The van der Waals surface area contributed by atoms with Gasteiger partial charge in [-0.05, 0) is 43.0 Å². The van der Waals surface area contributed by atoms with Crippen LogP contribution >= 0.6 is 11.6 Å². The summed E-state index contributed by atoms with van der Waals surface area (Å²) in [6.45, 7) is 1.47. The zero-order valence-electron chi connectivity index (χ0n) is 15.8. The third-order valence-electron chi connectivity index (χ3n) is 4.78. The van der Waals surface area contributed by atoms with E-state index in [1.165, 1.54) is 13.2 Å². The second-order valence-corrected chi connectivity index (χ2v) is 7.11. The number of carbonyl (C=O) groups excluding carboxylic acids is 2. The lowest BCUT2D eigenvalue weighted by molar-refractivity contribution is -0.134. The minimum Gasteiger partial charge on any atom is -0.496 e. The number of rotatable bonds is 6. The van der Waals surface area contributed by atoms with Gasteiger partial charge in [0.15, 0.2) is 0 Å². The second-order valence-electron chi connectivity index (χ2n) is 6.67. The van der Waals surface area contributed by atoms with Crippen LogP contribution in [0.1, 0.15) is 41.2 Å². The van der Waals surface area contributed by atoms with Gasteiger partial charge in [-0.15, -0.1) is 0 Å². The third-order valence-corrected chi connectivity index (χ3v) is 5.02. The molecule has 0 aromatic heterocycles. The molecule has 0 spiro atoms. The predicted octanol–water partition coefficient (Wildman–Crippen LogP) is 3.34. The summed E-state index contributed by atoms with van der Waals surface area (Å²) in [7, 11) is 1.49. The van der Waals surface area contributed by atoms with Gasteiger partial charge < -0.3 is 9.64 Å². The average Bonchev–Trinajstić information content (AvgIpc) is 2.75. The first-order valence-corrected chi connectivity index (χ1v) is 9.71. The highest BCUT2D eigenvalue weighted by Crippen LogP contribution is 2.23. The number of hydrazine groups is 1. The van der Waals surface area contributed by atoms with Crippen molar-refractivity contribution in [1.29, 1.82) is 0 Å². The molecule has 1 fully saturated rings. The van der Waals surface area contributed by atoms with E-state index in [4.69, 9.17) is 16.3 Å². The van der Waals surface area contributed by atoms with E-state index >= 15 is 0 Å².